The zero-order valence-electron chi connectivity index (χ0n) is 24.8. The number of carbonyl (C=O) groups excluding carboxylic acids is 1. The Morgan fingerprint density at radius 2 is 1.91 bits per heavy atom. The lowest BCUT2D eigenvalue weighted by molar-refractivity contribution is -0.149. The van der Waals surface area contributed by atoms with Gasteiger partial charge in [0.2, 0.25) is 5.91 Å². The summed E-state index contributed by atoms with van der Waals surface area (Å²) in [6.45, 7) is 9.11. The van der Waals surface area contributed by atoms with Crippen LogP contribution in [0.4, 0.5) is 16.5 Å². The van der Waals surface area contributed by atoms with Crippen LogP contribution >= 0.6 is 11.3 Å². The molecule has 1 saturated carbocycles. The van der Waals surface area contributed by atoms with E-state index in [1.807, 2.05) is 21.5 Å². The molecule has 6 heterocycles. The molecule has 3 saturated heterocycles. The summed E-state index contributed by atoms with van der Waals surface area (Å²) in [6, 6.07) is 12.9. The largest absolute Gasteiger partial charge is 0.381 e. The average Bonchev–Trinajstić information content (AvgIpc) is 3.33. The lowest BCUT2D eigenvalue weighted by atomic mass is 9.72. The third-order valence-electron chi connectivity index (χ3n) is 9.61. The van der Waals surface area contributed by atoms with E-state index in [0.29, 0.717) is 24.0 Å². The van der Waals surface area contributed by atoms with Gasteiger partial charge in [-0.15, -0.1) is 0 Å². The summed E-state index contributed by atoms with van der Waals surface area (Å²) in [5, 5.41) is 15.8. The average molecular weight is 594 g/mol. The molecule has 9 nitrogen and oxygen atoms in total. The van der Waals surface area contributed by atoms with Crippen LogP contribution in [-0.4, -0.2) is 71.8 Å². The van der Waals surface area contributed by atoms with Crippen molar-refractivity contribution in [3.8, 4) is 17.3 Å². The van der Waals surface area contributed by atoms with E-state index in [-0.39, 0.29) is 17.2 Å². The first-order chi connectivity index (χ1) is 20.8. The highest BCUT2D eigenvalue weighted by Gasteiger charge is 2.54. The molecule has 4 aromatic rings. The van der Waals surface area contributed by atoms with Crippen LogP contribution in [0.2, 0.25) is 0 Å². The number of ether oxygens (including phenoxy) is 1. The van der Waals surface area contributed by atoms with Crippen molar-refractivity contribution in [3.05, 3.63) is 58.2 Å². The van der Waals surface area contributed by atoms with Gasteiger partial charge in [0.25, 0.3) is 0 Å². The van der Waals surface area contributed by atoms with E-state index in [4.69, 9.17) is 14.8 Å². The lowest BCUT2D eigenvalue weighted by Crippen LogP contribution is -2.73. The molecule has 3 aliphatic heterocycles. The van der Waals surface area contributed by atoms with Gasteiger partial charge in [-0.1, -0.05) is 41.2 Å². The van der Waals surface area contributed by atoms with Crippen molar-refractivity contribution in [3.63, 3.8) is 0 Å². The molecule has 1 spiro atoms. The smallest absolute Gasteiger partial charge is 0.228 e. The van der Waals surface area contributed by atoms with Gasteiger partial charge in [-0.25, -0.2) is 9.50 Å². The summed E-state index contributed by atoms with van der Waals surface area (Å²) in [4.78, 5) is 25.1. The van der Waals surface area contributed by atoms with Gasteiger partial charge in [0.15, 0.2) is 5.13 Å². The SMILES string of the molecule is Cc1ccc(-c2nc(N(C)c3c(C4CC4)nn4cc(C)c(N5CC6(CN(C(=O)[C@H]7CCOC7)C6)C5)cc34)sc2C#N)cc1. The van der Waals surface area contributed by atoms with E-state index in [1.54, 1.807) is 0 Å². The first kappa shape index (κ1) is 26.7. The number of likely N-dealkylation sites (tertiary alicyclic amines) is 1. The fourth-order valence-corrected chi connectivity index (χ4v) is 7.92. The van der Waals surface area contributed by atoms with Gasteiger partial charge in [0.1, 0.15) is 16.6 Å². The van der Waals surface area contributed by atoms with Gasteiger partial charge in [0.05, 0.1) is 29.4 Å². The van der Waals surface area contributed by atoms with Crippen LogP contribution in [0.3, 0.4) is 0 Å². The second kappa shape index (κ2) is 9.79. The van der Waals surface area contributed by atoms with Crippen molar-refractivity contribution in [2.24, 2.45) is 11.3 Å². The summed E-state index contributed by atoms with van der Waals surface area (Å²) < 4.78 is 7.47. The van der Waals surface area contributed by atoms with E-state index in [0.717, 1.165) is 78.7 Å². The van der Waals surface area contributed by atoms with Gasteiger partial charge in [-0.2, -0.15) is 10.4 Å². The molecule has 1 aliphatic carbocycles. The van der Waals surface area contributed by atoms with E-state index < -0.39 is 0 Å². The number of aromatic nitrogens is 3. The number of fused-ring (bicyclic) bond motifs is 1. The van der Waals surface area contributed by atoms with Gasteiger partial charge < -0.3 is 19.4 Å². The van der Waals surface area contributed by atoms with Crippen molar-refractivity contribution in [2.45, 2.75) is 39.0 Å². The summed E-state index contributed by atoms with van der Waals surface area (Å²) in [5.41, 5.74) is 8.72. The summed E-state index contributed by atoms with van der Waals surface area (Å²) in [5.74, 6) is 0.765. The minimum atomic E-state index is 0.0474. The first-order valence-corrected chi connectivity index (χ1v) is 16.0. The molecule has 8 rings (SSSR count). The number of benzene rings is 1. The third-order valence-corrected chi connectivity index (χ3v) is 10.6. The Labute approximate surface area is 255 Å². The van der Waals surface area contributed by atoms with Crippen LogP contribution in [-0.2, 0) is 9.53 Å². The minimum Gasteiger partial charge on any atom is -0.381 e. The van der Waals surface area contributed by atoms with Gasteiger partial charge in [-0.05, 0) is 44.7 Å². The number of aryl methyl sites for hydroxylation is 2. The number of hydrogen-bond donors (Lipinski definition) is 0. The van der Waals surface area contributed by atoms with Crippen LogP contribution < -0.4 is 9.80 Å². The lowest BCUT2D eigenvalue weighted by Gasteiger charge is -2.61. The van der Waals surface area contributed by atoms with Crippen LogP contribution in [0.25, 0.3) is 16.8 Å². The predicted molar refractivity (Wildman–Crippen MR) is 167 cm³/mol. The first-order valence-electron chi connectivity index (χ1n) is 15.2. The van der Waals surface area contributed by atoms with Crippen LogP contribution in [0.5, 0.6) is 0 Å². The Bertz CT molecular complexity index is 1780. The molecule has 1 aromatic carbocycles. The van der Waals surface area contributed by atoms with Crippen molar-refractivity contribution in [1.29, 1.82) is 5.26 Å². The molecule has 4 aliphatic rings. The molecule has 10 heteroatoms. The molecule has 43 heavy (non-hydrogen) atoms. The second-order valence-corrected chi connectivity index (χ2v) is 14.0. The highest BCUT2D eigenvalue weighted by Crippen LogP contribution is 2.49. The maximum atomic E-state index is 12.8. The maximum absolute atomic E-state index is 12.8. The second-order valence-electron chi connectivity index (χ2n) is 13.0. The quantitative estimate of drug-likeness (QED) is 0.301. The van der Waals surface area contributed by atoms with E-state index in [2.05, 4.69) is 61.2 Å². The Morgan fingerprint density at radius 3 is 2.58 bits per heavy atom. The minimum absolute atomic E-state index is 0.0474. The zero-order chi connectivity index (χ0) is 29.5. The summed E-state index contributed by atoms with van der Waals surface area (Å²) in [6.07, 6.45) is 5.28. The molecule has 0 unspecified atom stereocenters. The highest BCUT2D eigenvalue weighted by atomic mass is 32.1. The standard InChI is InChI=1S/C33H35N7O2S/c1-20-4-6-22(7-5-20)28-27(13-34)43-32(35-28)37(3)30-26-12-25(21(2)14-40(26)36-29(30)23-8-9-23)38-16-33(17-38)18-39(19-33)31(41)24-10-11-42-15-24/h4-7,12,14,23-24H,8-11,15-19H2,1-3H3/t24-/m0/s1. The maximum Gasteiger partial charge on any atom is 0.228 e. The number of thiazole rings is 1. The van der Waals surface area contributed by atoms with Gasteiger partial charge >= 0.3 is 0 Å². The monoisotopic (exact) mass is 593 g/mol. The van der Waals surface area contributed by atoms with E-state index in [1.165, 1.54) is 28.2 Å². The Morgan fingerprint density at radius 1 is 1.14 bits per heavy atom. The van der Waals surface area contributed by atoms with E-state index >= 15 is 0 Å². The van der Waals surface area contributed by atoms with E-state index in [9.17, 15) is 10.1 Å². The molecular weight excluding hydrogens is 558 g/mol. The molecular formula is C33H35N7O2S. The van der Waals surface area contributed by atoms with Crippen LogP contribution in [0.1, 0.15) is 46.9 Å². The topological polar surface area (TPSA) is 90.0 Å². The number of carbonyl (C=O) groups is 1. The number of amides is 1. The van der Waals surface area contributed by atoms with Crippen molar-refractivity contribution < 1.29 is 9.53 Å². The fraction of sp³-hybridized carbons (Fsp3) is 0.455. The normalized spacial score (nSPS) is 20.7. The van der Waals surface area contributed by atoms with Crippen LogP contribution in [0.15, 0.2) is 36.5 Å². The number of nitriles is 1. The summed E-state index contributed by atoms with van der Waals surface area (Å²) in [7, 11) is 2.05. The summed E-state index contributed by atoms with van der Waals surface area (Å²) >= 11 is 1.43. The van der Waals surface area contributed by atoms with Crippen molar-refractivity contribution >= 4 is 39.3 Å². The molecule has 0 bridgehead atoms. The molecule has 220 valence electrons. The van der Waals surface area contributed by atoms with Gasteiger partial charge in [-0.3, -0.25) is 4.79 Å². The number of pyridine rings is 1. The third kappa shape index (κ3) is 4.40. The van der Waals surface area contributed by atoms with Crippen LogP contribution in [0, 0.1) is 36.5 Å². The Hall–Kier alpha value is -3.94. The molecule has 0 radical (unpaired) electrons. The molecule has 1 atom stereocenters. The number of hydrogen-bond acceptors (Lipinski definition) is 8. The molecule has 4 fully saturated rings. The molecule has 1 amide bonds. The van der Waals surface area contributed by atoms with Gasteiger partial charge in [0, 0.05) is 68.6 Å². The zero-order valence-corrected chi connectivity index (χ0v) is 25.7. The predicted octanol–water partition coefficient (Wildman–Crippen LogP) is 5.28. The molecule has 3 aromatic heterocycles. The van der Waals surface area contributed by atoms with Crippen molar-refractivity contribution in [2.75, 3.05) is 56.2 Å². The highest BCUT2D eigenvalue weighted by molar-refractivity contribution is 7.16. The Kier molecular flexibility index (Phi) is 6.07. The number of nitrogens with zero attached hydrogens (tertiary/aromatic N) is 7. The Balaban J connectivity index is 1.08. The fourth-order valence-electron chi connectivity index (χ4n) is 7.07. The number of rotatable bonds is 6. The molecule has 0 N–H and O–H groups in total. The van der Waals surface area contributed by atoms with Crippen molar-refractivity contribution in [1.82, 2.24) is 19.5 Å². The number of anilines is 3.